The van der Waals surface area contributed by atoms with Gasteiger partial charge in [-0.05, 0) is 52.3 Å². The molecule has 3 rings (SSSR count). The molecule has 0 saturated carbocycles. The van der Waals surface area contributed by atoms with Gasteiger partial charge in [-0.1, -0.05) is 12.8 Å². The van der Waals surface area contributed by atoms with Gasteiger partial charge in [0.05, 0.1) is 11.9 Å². The van der Waals surface area contributed by atoms with Crippen LogP contribution in [0.3, 0.4) is 0 Å². The number of imidazole rings is 1. The molecular formula is C19H29N5O. The minimum absolute atomic E-state index is 0.0825. The lowest BCUT2D eigenvalue weighted by molar-refractivity contribution is 0.0902. The summed E-state index contributed by atoms with van der Waals surface area (Å²) in [5, 5.41) is 3.16. The van der Waals surface area contributed by atoms with E-state index in [1.165, 1.54) is 38.8 Å². The molecule has 1 N–H and O–H groups in total. The summed E-state index contributed by atoms with van der Waals surface area (Å²) < 4.78 is 1.85. The van der Waals surface area contributed by atoms with E-state index in [1.54, 1.807) is 12.5 Å². The number of hydrogen-bond acceptors (Lipinski definition) is 4. The summed E-state index contributed by atoms with van der Waals surface area (Å²) in [6, 6.07) is 1.81. The fourth-order valence-electron chi connectivity index (χ4n) is 3.38. The number of aromatic nitrogens is 3. The Labute approximate surface area is 149 Å². The average Bonchev–Trinajstić information content (AvgIpc) is 2.79. The van der Waals surface area contributed by atoms with Gasteiger partial charge < -0.3 is 14.8 Å². The quantitative estimate of drug-likeness (QED) is 0.907. The number of carbonyl (C=O) groups excluding carboxylic acids is 1. The molecule has 25 heavy (non-hydrogen) atoms. The largest absolute Gasteiger partial charge is 0.347 e. The van der Waals surface area contributed by atoms with Crippen LogP contribution in [0.25, 0.3) is 11.2 Å². The number of pyridine rings is 1. The summed E-state index contributed by atoms with van der Waals surface area (Å²) in [6.45, 7) is 7.59. The van der Waals surface area contributed by atoms with Crippen LogP contribution in [0.1, 0.15) is 56.3 Å². The van der Waals surface area contributed by atoms with Gasteiger partial charge in [0.15, 0.2) is 5.65 Å². The van der Waals surface area contributed by atoms with Crippen molar-refractivity contribution in [2.45, 2.75) is 51.5 Å². The molecule has 1 aliphatic heterocycles. The van der Waals surface area contributed by atoms with Crippen molar-refractivity contribution in [3.8, 4) is 0 Å². The fraction of sp³-hybridized carbons (Fsp3) is 0.632. The third-order valence-electron chi connectivity index (χ3n) is 5.02. The smallest absolute Gasteiger partial charge is 0.253 e. The molecule has 0 radical (unpaired) electrons. The standard InChI is InChI=1S/C19H29N5O/c1-19(2,8-11-24-9-6-4-5-7-10-24)22-18(25)15-12-16-17(20-13-15)23(3)14-21-16/h12-14H,4-11H2,1-3H3,(H,22,25). The monoisotopic (exact) mass is 343 g/mol. The summed E-state index contributed by atoms with van der Waals surface area (Å²) in [7, 11) is 1.90. The molecule has 0 bridgehead atoms. The second kappa shape index (κ2) is 7.52. The maximum Gasteiger partial charge on any atom is 0.253 e. The molecule has 6 heteroatoms. The van der Waals surface area contributed by atoms with Gasteiger partial charge >= 0.3 is 0 Å². The van der Waals surface area contributed by atoms with E-state index < -0.39 is 0 Å². The van der Waals surface area contributed by atoms with E-state index in [-0.39, 0.29) is 11.4 Å². The highest BCUT2D eigenvalue weighted by Crippen LogP contribution is 2.16. The molecule has 2 aromatic heterocycles. The Bertz CT molecular complexity index is 728. The molecule has 2 aromatic rings. The van der Waals surface area contributed by atoms with Crippen molar-refractivity contribution in [2.24, 2.45) is 7.05 Å². The normalized spacial score (nSPS) is 16.8. The molecule has 0 atom stereocenters. The third kappa shape index (κ3) is 4.57. The van der Waals surface area contributed by atoms with E-state index in [0.717, 1.165) is 24.1 Å². The highest BCUT2D eigenvalue weighted by atomic mass is 16.1. The van der Waals surface area contributed by atoms with Crippen LogP contribution in [-0.2, 0) is 7.05 Å². The predicted octanol–water partition coefficient (Wildman–Crippen LogP) is 2.74. The number of hydrogen-bond donors (Lipinski definition) is 1. The number of rotatable bonds is 5. The van der Waals surface area contributed by atoms with Crippen molar-refractivity contribution in [1.82, 2.24) is 24.8 Å². The van der Waals surface area contributed by atoms with Crippen molar-refractivity contribution in [3.63, 3.8) is 0 Å². The van der Waals surface area contributed by atoms with Crippen molar-refractivity contribution in [2.75, 3.05) is 19.6 Å². The Kier molecular flexibility index (Phi) is 5.37. The van der Waals surface area contributed by atoms with Crippen LogP contribution >= 0.6 is 0 Å². The summed E-state index contributed by atoms with van der Waals surface area (Å²) in [6.07, 6.45) is 9.57. The highest BCUT2D eigenvalue weighted by molar-refractivity contribution is 5.96. The first-order valence-electron chi connectivity index (χ1n) is 9.27. The summed E-state index contributed by atoms with van der Waals surface area (Å²) >= 11 is 0. The van der Waals surface area contributed by atoms with E-state index in [1.807, 2.05) is 17.7 Å². The molecule has 0 unspecified atom stereocenters. The molecule has 1 saturated heterocycles. The number of carbonyl (C=O) groups is 1. The van der Waals surface area contributed by atoms with Crippen LogP contribution in [0, 0.1) is 0 Å². The number of fused-ring (bicyclic) bond motifs is 1. The van der Waals surface area contributed by atoms with Gasteiger partial charge in [-0.2, -0.15) is 0 Å². The van der Waals surface area contributed by atoms with Crippen molar-refractivity contribution in [3.05, 3.63) is 24.2 Å². The van der Waals surface area contributed by atoms with Crippen molar-refractivity contribution < 1.29 is 4.79 Å². The first kappa shape index (κ1) is 17.9. The topological polar surface area (TPSA) is 63.1 Å². The summed E-state index contributed by atoms with van der Waals surface area (Å²) in [4.78, 5) is 23.8. The third-order valence-corrected chi connectivity index (χ3v) is 5.02. The Morgan fingerprint density at radius 1 is 1.20 bits per heavy atom. The Hall–Kier alpha value is -1.95. The molecule has 0 aliphatic carbocycles. The maximum atomic E-state index is 12.6. The van der Waals surface area contributed by atoms with Crippen LogP contribution in [0.15, 0.2) is 18.6 Å². The molecule has 6 nitrogen and oxygen atoms in total. The first-order valence-corrected chi connectivity index (χ1v) is 9.27. The number of nitrogens with zero attached hydrogens (tertiary/aromatic N) is 4. The summed E-state index contributed by atoms with van der Waals surface area (Å²) in [5.74, 6) is -0.0825. The maximum absolute atomic E-state index is 12.6. The van der Waals surface area contributed by atoms with E-state index in [0.29, 0.717) is 5.56 Å². The molecule has 0 spiro atoms. The predicted molar refractivity (Wildman–Crippen MR) is 99.6 cm³/mol. The molecular weight excluding hydrogens is 314 g/mol. The van der Waals surface area contributed by atoms with Gasteiger partial charge in [-0.3, -0.25) is 4.79 Å². The zero-order valence-electron chi connectivity index (χ0n) is 15.6. The lowest BCUT2D eigenvalue weighted by Crippen LogP contribution is -2.45. The van der Waals surface area contributed by atoms with E-state index in [4.69, 9.17) is 0 Å². The van der Waals surface area contributed by atoms with Crippen molar-refractivity contribution in [1.29, 1.82) is 0 Å². The van der Waals surface area contributed by atoms with Crippen LogP contribution in [-0.4, -0.2) is 50.5 Å². The molecule has 3 heterocycles. The Morgan fingerprint density at radius 2 is 1.92 bits per heavy atom. The van der Waals surface area contributed by atoms with Gasteiger partial charge in [0, 0.05) is 25.3 Å². The molecule has 1 aliphatic rings. The minimum Gasteiger partial charge on any atom is -0.347 e. The van der Waals surface area contributed by atoms with Crippen LogP contribution in [0.4, 0.5) is 0 Å². The number of aryl methyl sites for hydroxylation is 1. The lowest BCUT2D eigenvalue weighted by Gasteiger charge is -2.30. The second-order valence-corrected chi connectivity index (χ2v) is 7.77. The van der Waals surface area contributed by atoms with E-state index in [9.17, 15) is 4.79 Å². The average molecular weight is 343 g/mol. The fourth-order valence-corrected chi connectivity index (χ4v) is 3.38. The van der Waals surface area contributed by atoms with Gasteiger partial charge in [-0.15, -0.1) is 0 Å². The van der Waals surface area contributed by atoms with E-state index >= 15 is 0 Å². The first-order chi connectivity index (χ1) is 11.9. The molecule has 1 amide bonds. The Balaban J connectivity index is 1.59. The molecule has 136 valence electrons. The van der Waals surface area contributed by atoms with Crippen LogP contribution in [0.2, 0.25) is 0 Å². The number of likely N-dealkylation sites (tertiary alicyclic amines) is 1. The lowest BCUT2D eigenvalue weighted by atomic mass is 9.99. The zero-order chi connectivity index (χ0) is 17.9. The van der Waals surface area contributed by atoms with Gasteiger partial charge in [0.2, 0.25) is 0 Å². The highest BCUT2D eigenvalue weighted by Gasteiger charge is 2.23. The summed E-state index contributed by atoms with van der Waals surface area (Å²) in [5.41, 5.74) is 1.85. The van der Waals surface area contributed by atoms with Crippen LogP contribution in [0.5, 0.6) is 0 Å². The molecule has 0 aromatic carbocycles. The zero-order valence-corrected chi connectivity index (χ0v) is 15.6. The van der Waals surface area contributed by atoms with E-state index in [2.05, 4.69) is 34.0 Å². The SMILES string of the molecule is Cn1cnc2cc(C(=O)NC(C)(C)CCN3CCCCCC3)cnc21. The number of nitrogens with one attached hydrogen (secondary N) is 1. The minimum atomic E-state index is -0.248. The van der Waals surface area contributed by atoms with Crippen LogP contribution < -0.4 is 5.32 Å². The second-order valence-electron chi connectivity index (χ2n) is 7.77. The van der Waals surface area contributed by atoms with Gasteiger partial charge in [0.1, 0.15) is 5.52 Å². The molecule has 1 fully saturated rings. The van der Waals surface area contributed by atoms with Crippen molar-refractivity contribution >= 4 is 17.1 Å². The van der Waals surface area contributed by atoms with Gasteiger partial charge in [0.25, 0.3) is 5.91 Å². The number of amides is 1. The van der Waals surface area contributed by atoms with Gasteiger partial charge in [-0.25, -0.2) is 9.97 Å². The Morgan fingerprint density at radius 3 is 2.64 bits per heavy atom.